The molecular weight excluding hydrogens is 541 g/mol. The van der Waals surface area contributed by atoms with Gasteiger partial charge < -0.3 is 29.7 Å². The van der Waals surface area contributed by atoms with E-state index < -0.39 is 29.6 Å². The number of β-amino-alcohol motifs (C(OH)–C–C–N with tert-alkyl or cyclic N) is 1. The number of rotatable bonds is 6. The van der Waals surface area contributed by atoms with Crippen molar-refractivity contribution in [3.05, 3.63) is 54.4 Å². The van der Waals surface area contributed by atoms with Crippen LogP contribution in [0, 0.1) is 11.3 Å². The van der Waals surface area contributed by atoms with E-state index in [4.69, 9.17) is 9.47 Å². The van der Waals surface area contributed by atoms with Crippen molar-refractivity contribution in [3.8, 4) is 23.2 Å². The van der Waals surface area contributed by atoms with Crippen molar-refractivity contribution in [2.45, 2.75) is 57.6 Å². The van der Waals surface area contributed by atoms with E-state index in [0.29, 0.717) is 30.4 Å². The van der Waals surface area contributed by atoms with E-state index in [1.807, 2.05) is 31.2 Å². The van der Waals surface area contributed by atoms with E-state index in [9.17, 15) is 19.6 Å². The molecule has 0 spiro atoms. The highest BCUT2D eigenvalue weighted by molar-refractivity contribution is 5.68. The van der Waals surface area contributed by atoms with Crippen LogP contribution in [-0.4, -0.2) is 80.7 Å². The third-order valence-electron chi connectivity index (χ3n) is 6.89. The predicted octanol–water partition coefficient (Wildman–Crippen LogP) is 4.45. The molecule has 2 atom stereocenters. The second kappa shape index (κ2) is 11.4. The van der Waals surface area contributed by atoms with Crippen LogP contribution < -0.4 is 15.0 Å². The molecule has 2 N–H and O–H groups in total. The monoisotopic (exact) mass is 575 g/mol. The summed E-state index contributed by atoms with van der Waals surface area (Å²) in [6.45, 7) is 8.41. The Morgan fingerprint density at radius 3 is 2.57 bits per heavy atom. The zero-order valence-corrected chi connectivity index (χ0v) is 24.0. The van der Waals surface area contributed by atoms with Gasteiger partial charge in [0.2, 0.25) is 5.95 Å². The molecular formula is C30H34FN7O4. The van der Waals surface area contributed by atoms with Gasteiger partial charge in [0, 0.05) is 43.0 Å². The number of nitrogens with zero attached hydrogens (tertiary/aromatic N) is 6. The van der Waals surface area contributed by atoms with Gasteiger partial charge in [-0.05, 0) is 70.2 Å². The van der Waals surface area contributed by atoms with E-state index in [2.05, 4.69) is 31.2 Å². The summed E-state index contributed by atoms with van der Waals surface area (Å²) in [6.07, 6.45) is -1.17. The lowest BCUT2D eigenvalue weighted by atomic mass is 9.96. The number of nitrogens with one attached hydrogen (secondary N) is 1. The van der Waals surface area contributed by atoms with Crippen molar-refractivity contribution in [1.82, 2.24) is 19.9 Å². The van der Waals surface area contributed by atoms with Crippen LogP contribution in [0.25, 0.3) is 11.4 Å². The summed E-state index contributed by atoms with van der Waals surface area (Å²) < 4.78 is 26.2. The van der Waals surface area contributed by atoms with Gasteiger partial charge in [-0.15, -0.1) is 0 Å². The molecule has 2 aliphatic rings. The summed E-state index contributed by atoms with van der Waals surface area (Å²) in [5.74, 6) is 0.926. The maximum absolute atomic E-state index is 15.0. The van der Waals surface area contributed by atoms with E-state index in [1.165, 1.54) is 11.2 Å². The number of ether oxygens (including phenoxy) is 2. The summed E-state index contributed by atoms with van der Waals surface area (Å²) in [5.41, 5.74) is 1.26. The lowest BCUT2D eigenvalue weighted by Crippen LogP contribution is -2.60. The molecule has 0 aliphatic carbocycles. The number of piperidine rings is 1. The van der Waals surface area contributed by atoms with Gasteiger partial charge in [-0.25, -0.2) is 19.2 Å². The summed E-state index contributed by atoms with van der Waals surface area (Å²) >= 11 is 0. The number of aliphatic hydroxyl groups is 1. The average Bonchev–Trinajstić information content (AvgIpc) is 2.92. The fourth-order valence-corrected chi connectivity index (χ4v) is 4.87. The van der Waals surface area contributed by atoms with Gasteiger partial charge in [0.05, 0.1) is 17.7 Å². The zero-order valence-electron chi connectivity index (χ0n) is 24.0. The Labute approximate surface area is 243 Å². The van der Waals surface area contributed by atoms with Gasteiger partial charge in [0.25, 0.3) is 0 Å². The van der Waals surface area contributed by atoms with Crippen molar-refractivity contribution in [2.24, 2.45) is 0 Å². The maximum atomic E-state index is 15.0. The summed E-state index contributed by atoms with van der Waals surface area (Å²) in [6, 6.07) is 14.7. The van der Waals surface area contributed by atoms with Gasteiger partial charge in [0.15, 0.2) is 12.0 Å². The highest BCUT2D eigenvalue weighted by Gasteiger charge is 2.37. The number of hydrogen-bond acceptors (Lipinski definition) is 10. The smallest absolute Gasteiger partial charge is 0.410 e. The molecule has 12 heteroatoms. The standard InChI is InChI=1S/C30H34FN7O4/c1-29(2,3)42-28(39)37-12-11-25(23(31)15-37)41-24-10-5-19(13-20(24)14-32)26-33-18-34-27(36-26)35-21-6-8-22(9-7-21)38-16-30(4,40)17-38/h5-10,13,18,23,25,40H,11-12,15-17H2,1-4H3,(H,33,34,35,36). The molecule has 220 valence electrons. The van der Waals surface area contributed by atoms with Crippen molar-refractivity contribution >= 4 is 23.4 Å². The molecule has 5 rings (SSSR count). The Balaban J connectivity index is 1.23. The zero-order chi connectivity index (χ0) is 30.1. The molecule has 3 heterocycles. The quantitative estimate of drug-likeness (QED) is 0.434. The summed E-state index contributed by atoms with van der Waals surface area (Å²) in [7, 11) is 0. The van der Waals surface area contributed by atoms with Crippen LogP contribution in [0.5, 0.6) is 5.75 Å². The molecule has 2 saturated heterocycles. The molecule has 11 nitrogen and oxygen atoms in total. The van der Waals surface area contributed by atoms with E-state index >= 15 is 0 Å². The number of amides is 1. The van der Waals surface area contributed by atoms with E-state index in [1.54, 1.807) is 39.0 Å². The first kappa shape index (κ1) is 29.0. The van der Waals surface area contributed by atoms with Crippen molar-refractivity contribution in [3.63, 3.8) is 0 Å². The third-order valence-corrected chi connectivity index (χ3v) is 6.89. The Morgan fingerprint density at radius 2 is 1.93 bits per heavy atom. The average molecular weight is 576 g/mol. The van der Waals surface area contributed by atoms with Crippen molar-refractivity contribution in [2.75, 3.05) is 36.4 Å². The highest BCUT2D eigenvalue weighted by Crippen LogP contribution is 2.30. The molecule has 2 fully saturated rings. The molecule has 2 aliphatic heterocycles. The molecule has 0 bridgehead atoms. The fraction of sp³-hybridized carbons (Fsp3) is 0.433. The van der Waals surface area contributed by atoms with Crippen molar-refractivity contribution < 1.29 is 23.8 Å². The minimum absolute atomic E-state index is 0.150. The number of aromatic nitrogens is 3. The first-order chi connectivity index (χ1) is 19.9. The van der Waals surface area contributed by atoms with Crippen LogP contribution in [0.2, 0.25) is 0 Å². The Morgan fingerprint density at radius 1 is 1.19 bits per heavy atom. The second-order valence-corrected chi connectivity index (χ2v) is 11.9. The maximum Gasteiger partial charge on any atom is 0.410 e. The number of carbonyl (C=O) groups is 1. The van der Waals surface area contributed by atoms with E-state index in [-0.39, 0.29) is 30.8 Å². The first-order valence-electron chi connectivity index (χ1n) is 13.8. The van der Waals surface area contributed by atoms with Gasteiger partial charge in [-0.3, -0.25) is 0 Å². The molecule has 1 amide bonds. The van der Waals surface area contributed by atoms with Crippen LogP contribution in [0.1, 0.15) is 39.7 Å². The number of anilines is 3. The number of likely N-dealkylation sites (tertiary alicyclic amines) is 1. The highest BCUT2D eigenvalue weighted by atomic mass is 19.1. The van der Waals surface area contributed by atoms with Gasteiger partial charge in [-0.1, -0.05) is 0 Å². The molecule has 0 saturated carbocycles. The first-order valence-corrected chi connectivity index (χ1v) is 13.8. The number of nitriles is 1. The Bertz CT molecular complexity index is 1480. The number of halogens is 1. The number of benzene rings is 2. The molecule has 42 heavy (non-hydrogen) atoms. The molecule has 2 aromatic carbocycles. The Kier molecular flexibility index (Phi) is 7.88. The van der Waals surface area contributed by atoms with Crippen molar-refractivity contribution in [1.29, 1.82) is 5.26 Å². The van der Waals surface area contributed by atoms with E-state index in [0.717, 1.165) is 11.4 Å². The van der Waals surface area contributed by atoms with Gasteiger partial charge >= 0.3 is 6.09 Å². The lowest BCUT2D eigenvalue weighted by Gasteiger charge is -2.45. The minimum atomic E-state index is -1.44. The van der Waals surface area contributed by atoms with Crippen LogP contribution in [0.3, 0.4) is 0 Å². The second-order valence-electron chi connectivity index (χ2n) is 11.9. The number of hydrogen-bond donors (Lipinski definition) is 2. The molecule has 1 aromatic heterocycles. The summed E-state index contributed by atoms with van der Waals surface area (Å²) in [5, 5.41) is 22.9. The normalized spacial score (nSPS) is 19.8. The largest absolute Gasteiger partial charge is 0.486 e. The van der Waals surface area contributed by atoms with Crippen LogP contribution in [-0.2, 0) is 4.74 Å². The predicted molar refractivity (Wildman–Crippen MR) is 154 cm³/mol. The third kappa shape index (κ3) is 6.86. The number of alkyl halides is 1. The molecule has 0 radical (unpaired) electrons. The lowest BCUT2D eigenvalue weighted by molar-refractivity contribution is -0.0106. The Hall–Kier alpha value is -4.50. The SMILES string of the molecule is CC1(O)CN(c2ccc(Nc3ncnc(-c4ccc(OC5CCN(C(=O)OC(C)(C)C)CC5F)c(C#N)c4)n3)cc2)C1. The van der Waals surface area contributed by atoms with Gasteiger partial charge in [-0.2, -0.15) is 10.2 Å². The summed E-state index contributed by atoms with van der Waals surface area (Å²) in [4.78, 5) is 28.7. The minimum Gasteiger partial charge on any atom is -0.486 e. The van der Waals surface area contributed by atoms with Crippen LogP contribution in [0.4, 0.5) is 26.5 Å². The van der Waals surface area contributed by atoms with Crippen LogP contribution in [0.15, 0.2) is 48.8 Å². The number of carbonyl (C=O) groups excluding carboxylic acids is 1. The molecule has 3 aromatic rings. The topological polar surface area (TPSA) is 137 Å². The van der Waals surface area contributed by atoms with Gasteiger partial charge in [0.1, 0.15) is 29.9 Å². The van der Waals surface area contributed by atoms with Crippen LogP contribution >= 0.6 is 0 Å². The molecule has 2 unspecified atom stereocenters. The fourth-order valence-electron chi connectivity index (χ4n) is 4.87.